The zero-order chi connectivity index (χ0) is 7.40. The standard InChI is InChI=1S/C8H9NS/c1-2-4-7(9)8-5-3-6-10-8/h1,3,5-7H,4,9H2/t7-/m0/s1. The molecule has 1 rings (SSSR count). The predicted octanol–water partition coefficient (Wildman–Crippen LogP) is 1.77. The van der Waals surface area contributed by atoms with E-state index < -0.39 is 0 Å². The minimum Gasteiger partial charge on any atom is -0.322 e. The van der Waals surface area contributed by atoms with Crippen LogP contribution in [0.2, 0.25) is 0 Å². The second-order valence-electron chi connectivity index (χ2n) is 2.03. The van der Waals surface area contributed by atoms with Crippen LogP contribution in [0.5, 0.6) is 0 Å². The Morgan fingerprint density at radius 3 is 3.10 bits per heavy atom. The molecule has 1 aromatic heterocycles. The quantitative estimate of drug-likeness (QED) is 0.640. The van der Waals surface area contributed by atoms with Crippen molar-refractivity contribution in [2.45, 2.75) is 12.5 Å². The molecule has 1 nitrogen and oxygen atoms in total. The van der Waals surface area contributed by atoms with E-state index in [1.807, 2.05) is 17.5 Å². The van der Waals surface area contributed by atoms with Crippen LogP contribution in [0.15, 0.2) is 17.5 Å². The van der Waals surface area contributed by atoms with Gasteiger partial charge in [-0.05, 0) is 11.4 Å². The third kappa shape index (κ3) is 1.60. The lowest BCUT2D eigenvalue weighted by molar-refractivity contribution is 0.771. The Morgan fingerprint density at radius 1 is 1.80 bits per heavy atom. The van der Waals surface area contributed by atoms with Gasteiger partial charge in [0.2, 0.25) is 0 Å². The molecule has 0 spiro atoms. The number of hydrogen-bond acceptors (Lipinski definition) is 2. The largest absolute Gasteiger partial charge is 0.322 e. The Hall–Kier alpha value is -0.780. The fourth-order valence-electron chi connectivity index (χ4n) is 0.730. The highest BCUT2D eigenvalue weighted by atomic mass is 32.1. The molecule has 0 unspecified atom stereocenters. The van der Waals surface area contributed by atoms with E-state index in [0.717, 1.165) is 4.88 Å². The maximum atomic E-state index is 5.72. The molecule has 1 aromatic rings. The number of hydrogen-bond donors (Lipinski definition) is 1. The summed E-state index contributed by atoms with van der Waals surface area (Å²) in [4.78, 5) is 1.16. The number of terminal acetylenes is 1. The molecular weight excluding hydrogens is 142 g/mol. The summed E-state index contributed by atoms with van der Waals surface area (Å²) in [5.74, 6) is 2.54. The van der Waals surface area contributed by atoms with Crippen LogP contribution in [0.4, 0.5) is 0 Å². The molecule has 0 saturated heterocycles. The first-order valence-electron chi connectivity index (χ1n) is 3.07. The molecule has 10 heavy (non-hydrogen) atoms. The first kappa shape index (κ1) is 7.33. The molecule has 52 valence electrons. The average Bonchev–Trinajstić information content (AvgIpc) is 2.38. The van der Waals surface area contributed by atoms with Crippen molar-refractivity contribution in [3.63, 3.8) is 0 Å². The summed E-state index contributed by atoms with van der Waals surface area (Å²) in [6.07, 6.45) is 5.74. The highest BCUT2D eigenvalue weighted by Crippen LogP contribution is 2.18. The van der Waals surface area contributed by atoms with Crippen LogP contribution in [0.3, 0.4) is 0 Å². The maximum Gasteiger partial charge on any atom is 0.0500 e. The molecule has 0 bridgehead atoms. The van der Waals surface area contributed by atoms with Gasteiger partial charge in [-0.25, -0.2) is 0 Å². The summed E-state index contributed by atoms with van der Waals surface area (Å²) in [7, 11) is 0. The monoisotopic (exact) mass is 151 g/mol. The normalized spacial score (nSPS) is 12.4. The minimum atomic E-state index is 0.0324. The Balaban J connectivity index is 2.61. The summed E-state index contributed by atoms with van der Waals surface area (Å²) in [6, 6.07) is 4.02. The Bertz CT molecular complexity index is 220. The molecule has 0 aliphatic rings. The molecular formula is C8H9NS. The minimum absolute atomic E-state index is 0.0324. The zero-order valence-electron chi connectivity index (χ0n) is 5.58. The lowest BCUT2D eigenvalue weighted by Crippen LogP contribution is -2.06. The van der Waals surface area contributed by atoms with Crippen molar-refractivity contribution >= 4 is 11.3 Å². The Morgan fingerprint density at radius 2 is 2.60 bits per heavy atom. The zero-order valence-corrected chi connectivity index (χ0v) is 6.40. The van der Waals surface area contributed by atoms with Gasteiger partial charge in [-0.3, -0.25) is 0 Å². The van der Waals surface area contributed by atoms with Crippen LogP contribution in [0.1, 0.15) is 17.3 Å². The van der Waals surface area contributed by atoms with Crippen molar-refractivity contribution < 1.29 is 0 Å². The lowest BCUT2D eigenvalue weighted by Gasteiger charge is -2.02. The van der Waals surface area contributed by atoms with Gasteiger partial charge in [0.1, 0.15) is 0 Å². The van der Waals surface area contributed by atoms with Gasteiger partial charge in [-0.1, -0.05) is 6.07 Å². The summed E-state index contributed by atoms with van der Waals surface area (Å²) >= 11 is 1.65. The lowest BCUT2D eigenvalue weighted by atomic mass is 10.2. The van der Waals surface area contributed by atoms with E-state index >= 15 is 0 Å². The van der Waals surface area contributed by atoms with Crippen molar-refractivity contribution in [1.82, 2.24) is 0 Å². The van der Waals surface area contributed by atoms with Gasteiger partial charge in [0.15, 0.2) is 0 Å². The van der Waals surface area contributed by atoms with Gasteiger partial charge in [-0.2, -0.15) is 0 Å². The SMILES string of the molecule is C#CC[C@H](N)c1cccs1. The van der Waals surface area contributed by atoms with Gasteiger partial charge in [0.25, 0.3) is 0 Å². The molecule has 0 radical (unpaired) electrons. The topological polar surface area (TPSA) is 26.0 Å². The molecule has 0 aromatic carbocycles. The van der Waals surface area contributed by atoms with Crippen LogP contribution >= 0.6 is 11.3 Å². The second-order valence-corrected chi connectivity index (χ2v) is 3.01. The van der Waals surface area contributed by atoms with Crippen molar-refractivity contribution in [3.8, 4) is 12.3 Å². The van der Waals surface area contributed by atoms with Crippen molar-refractivity contribution in [2.75, 3.05) is 0 Å². The van der Waals surface area contributed by atoms with Crippen LogP contribution in [0, 0.1) is 12.3 Å². The van der Waals surface area contributed by atoms with Crippen molar-refractivity contribution in [1.29, 1.82) is 0 Å². The van der Waals surface area contributed by atoms with Gasteiger partial charge in [-0.15, -0.1) is 23.7 Å². The van der Waals surface area contributed by atoms with Crippen LogP contribution in [-0.4, -0.2) is 0 Å². The molecule has 0 aliphatic heterocycles. The Labute approximate surface area is 64.9 Å². The average molecular weight is 151 g/mol. The fourth-order valence-corrected chi connectivity index (χ4v) is 1.46. The maximum absolute atomic E-state index is 5.72. The van der Waals surface area contributed by atoms with Gasteiger partial charge in [0, 0.05) is 11.3 Å². The molecule has 0 amide bonds. The van der Waals surface area contributed by atoms with E-state index in [9.17, 15) is 0 Å². The van der Waals surface area contributed by atoms with E-state index in [4.69, 9.17) is 12.2 Å². The third-order valence-electron chi connectivity index (χ3n) is 1.25. The molecule has 1 heterocycles. The first-order valence-corrected chi connectivity index (χ1v) is 3.95. The van der Waals surface area contributed by atoms with Crippen molar-refractivity contribution in [3.05, 3.63) is 22.4 Å². The van der Waals surface area contributed by atoms with E-state index in [2.05, 4.69) is 5.92 Å². The molecule has 0 saturated carbocycles. The van der Waals surface area contributed by atoms with Crippen LogP contribution in [0.25, 0.3) is 0 Å². The van der Waals surface area contributed by atoms with Gasteiger partial charge >= 0.3 is 0 Å². The summed E-state index contributed by atoms with van der Waals surface area (Å²) in [5, 5.41) is 2.01. The Kier molecular flexibility index (Phi) is 2.49. The number of thiophene rings is 1. The summed E-state index contributed by atoms with van der Waals surface area (Å²) in [6.45, 7) is 0. The number of rotatable bonds is 2. The molecule has 1 atom stereocenters. The van der Waals surface area contributed by atoms with Crippen LogP contribution in [-0.2, 0) is 0 Å². The summed E-state index contributed by atoms with van der Waals surface area (Å²) < 4.78 is 0. The molecule has 0 aliphatic carbocycles. The van der Waals surface area contributed by atoms with Gasteiger partial charge < -0.3 is 5.73 Å². The second kappa shape index (κ2) is 3.40. The van der Waals surface area contributed by atoms with Crippen LogP contribution < -0.4 is 5.73 Å². The van der Waals surface area contributed by atoms with E-state index in [1.54, 1.807) is 11.3 Å². The van der Waals surface area contributed by atoms with Crippen molar-refractivity contribution in [2.24, 2.45) is 5.73 Å². The third-order valence-corrected chi connectivity index (χ3v) is 2.25. The highest BCUT2D eigenvalue weighted by molar-refractivity contribution is 7.10. The molecule has 2 heteroatoms. The van der Waals surface area contributed by atoms with E-state index in [1.165, 1.54) is 0 Å². The van der Waals surface area contributed by atoms with E-state index in [0.29, 0.717) is 6.42 Å². The fraction of sp³-hybridized carbons (Fsp3) is 0.250. The smallest absolute Gasteiger partial charge is 0.0500 e. The first-order chi connectivity index (χ1) is 4.84. The summed E-state index contributed by atoms with van der Waals surface area (Å²) in [5.41, 5.74) is 5.72. The molecule has 0 fully saturated rings. The van der Waals surface area contributed by atoms with Gasteiger partial charge in [0.05, 0.1) is 6.04 Å². The highest BCUT2D eigenvalue weighted by Gasteiger charge is 2.02. The predicted molar refractivity (Wildman–Crippen MR) is 44.7 cm³/mol. The number of nitrogens with two attached hydrogens (primary N) is 1. The van der Waals surface area contributed by atoms with E-state index in [-0.39, 0.29) is 6.04 Å². The molecule has 2 N–H and O–H groups in total.